The van der Waals surface area contributed by atoms with Crippen LogP contribution in [0.1, 0.15) is 73.1 Å². The molecule has 7 aliphatic rings. The Labute approximate surface area is 223 Å². The SMILES string of the molecule is CC1=CC(=O)[C@@H]2[C@@H](C1)[C@]1(C)C(=O)[C@]3(O)N4C[C@H]5C[C@H](C)C[C@]4(CC[C@@]3(C)[C@@]3(C)CC(=O)OC[C@H]2C(=O)[C@@H]13)O5. The highest BCUT2D eigenvalue weighted by molar-refractivity contribution is 6.07. The van der Waals surface area contributed by atoms with Gasteiger partial charge in [0.25, 0.3) is 0 Å². The number of ether oxygens (including phenoxy) is 2. The van der Waals surface area contributed by atoms with Crippen LogP contribution in [0.2, 0.25) is 0 Å². The summed E-state index contributed by atoms with van der Waals surface area (Å²) in [6.45, 7) is 10.0. The minimum absolute atomic E-state index is 0.0561. The number of esters is 1. The van der Waals surface area contributed by atoms with Gasteiger partial charge < -0.3 is 14.6 Å². The third-order valence-corrected chi connectivity index (χ3v) is 12.6. The third kappa shape index (κ3) is 2.55. The van der Waals surface area contributed by atoms with E-state index < -0.39 is 57.3 Å². The van der Waals surface area contributed by atoms with Gasteiger partial charge in [0.2, 0.25) is 0 Å². The third-order valence-electron chi connectivity index (χ3n) is 12.6. The molecule has 0 aromatic rings. The fourth-order valence-corrected chi connectivity index (χ4v) is 10.9. The van der Waals surface area contributed by atoms with E-state index in [2.05, 4.69) is 6.92 Å². The van der Waals surface area contributed by atoms with Gasteiger partial charge in [0.1, 0.15) is 18.1 Å². The molecule has 4 bridgehead atoms. The van der Waals surface area contributed by atoms with Gasteiger partial charge >= 0.3 is 5.97 Å². The highest BCUT2D eigenvalue weighted by Crippen LogP contribution is 2.74. The van der Waals surface area contributed by atoms with Crippen LogP contribution in [0.3, 0.4) is 0 Å². The number of fused-ring (bicyclic) bond motifs is 8. The summed E-state index contributed by atoms with van der Waals surface area (Å²) in [7, 11) is 0. The molecule has 4 heterocycles. The topological polar surface area (TPSA) is 110 Å². The molecule has 8 nitrogen and oxygen atoms in total. The lowest BCUT2D eigenvalue weighted by atomic mass is 9.33. The number of piperidine rings is 1. The zero-order chi connectivity index (χ0) is 27.2. The Morgan fingerprint density at radius 1 is 1.11 bits per heavy atom. The Kier molecular flexibility index (Phi) is 4.78. The number of hydrogen-bond donors (Lipinski definition) is 1. The predicted molar refractivity (Wildman–Crippen MR) is 134 cm³/mol. The first kappa shape index (κ1) is 25.1. The second-order valence-electron chi connectivity index (χ2n) is 14.4. The number of aliphatic hydroxyl groups is 1. The fourth-order valence-electron chi connectivity index (χ4n) is 10.9. The lowest BCUT2D eigenvalue weighted by Crippen LogP contribution is -2.84. The van der Waals surface area contributed by atoms with E-state index in [-0.39, 0.29) is 36.5 Å². The van der Waals surface area contributed by atoms with Crippen molar-refractivity contribution in [2.24, 2.45) is 45.8 Å². The lowest BCUT2D eigenvalue weighted by Gasteiger charge is -2.73. The first-order valence-electron chi connectivity index (χ1n) is 14.4. The molecule has 38 heavy (non-hydrogen) atoms. The molecule has 206 valence electrons. The number of Topliss-reactive ketones (excluding diaryl/α,β-unsaturated/α-hetero) is 2. The fraction of sp³-hybridized carbons (Fsp3) is 0.800. The summed E-state index contributed by atoms with van der Waals surface area (Å²) < 4.78 is 12.2. The molecule has 0 amide bonds. The first-order chi connectivity index (χ1) is 17.7. The molecule has 0 aromatic carbocycles. The van der Waals surface area contributed by atoms with Crippen LogP contribution in [-0.2, 0) is 28.7 Å². The Hall–Kier alpha value is -1.90. The molecule has 3 aliphatic carbocycles. The maximum Gasteiger partial charge on any atom is 0.306 e. The van der Waals surface area contributed by atoms with Gasteiger partial charge in [0.05, 0.1) is 18.4 Å². The molecule has 2 saturated carbocycles. The van der Waals surface area contributed by atoms with E-state index in [1.807, 2.05) is 32.6 Å². The molecule has 7 rings (SSSR count). The molecule has 11 atom stereocenters. The summed E-state index contributed by atoms with van der Waals surface area (Å²) in [5.74, 6) is -3.51. The molecular weight excluding hydrogens is 486 g/mol. The molecular formula is C30H39NO7. The van der Waals surface area contributed by atoms with Crippen LogP contribution in [-0.4, -0.2) is 64.0 Å². The number of cyclic esters (lactones) is 1. The Morgan fingerprint density at radius 2 is 1.84 bits per heavy atom. The van der Waals surface area contributed by atoms with Gasteiger partial charge in [-0.1, -0.05) is 33.3 Å². The van der Waals surface area contributed by atoms with E-state index >= 15 is 4.79 Å². The van der Waals surface area contributed by atoms with Gasteiger partial charge in [-0.25, -0.2) is 4.90 Å². The van der Waals surface area contributed by atoms with Gasteiger partial charge in [-0.15, -0.1) is 0 Å². The summed E-state index contributed by atoms with van der Waals surface area (Å²) in [6, 6.07) is 0. The molecule has 1 N–H and O–H groups in total. The normalized spacial score (nSPS) is 55.7. The van der Waals surface area contributed by atoms with E-state index in [0.29, 0.717) is 31.7 Å². The van der Waals surface area contributed by atoms with Crippen molar-refractivity contribution < 1.29 is 33.8 Å². The summed E-state index contributed by atoms with van der Waals surface area (Å²) in [4.78, 5) is 58.4. The largest absolute Gasteiger partial charge is 0.465 e. The number of nitrogens with zero attached hydrogens (tertiary/aromatic N) is 1. The summed E-state index contributed by atoms with van der Waals surface area (Å²) in [5, 5.41) is 13.1. The number of carbonyl (C=O) groups excluding carboxylic acids is 4. The van der Waals surface area contributed by atoms with Crippen LogP contribution in [0, 0.1) is 45.8 Å². The molecule has 8 heteroatoms. The predicted octanol–water partition coefficient (Wildman–Crippen LogP) is 2.81. The minimum atomic E-state index is -1.95. The van der Waals surface area contributed by atoms with Gasteiger partial charge in [0.15, 0.2) is 17.3 Å². The van der Waals surface area contributed by atoms with Crippen molar-refractivity contribution in [2.75, 3.05) is 13.2 Å². The minimum Gasteiger partial charge on any atom is -0.465 e. The number of allylic oxidation sites excluding steroid dienone is 2. The number of rotatable bonds is 0. The highest BCUT2D eigenvalue weighted by atomic mass is 16.6. The first-order valence-corrected chi connectivity index (χ1v) is 14.4. The van der Waals surface area contributed by atoms with Crippen LogP contribution >= 0.6 is 0 Å². The summed E-state index contributed by atoms with van der Waals surface area (Å²) in [5.41, 5.74) is -5.27. The number of hydrogen-bond acceptors (Lipinski definition) is 8. The average Bonchev–Trinajstić information content (AvgIpc) is 3.11. The molecule has 4 aliphatic heterocycles. The van der Waals surface area contributed by atoms with Crippen LogP contribution < -0.4 is 0 Å². The Balaban J connectivity index is 1.50. The molecule has 0 radical (unpaired) electrons. The van der Waals surface area contributed by atoms with E-state index in [0.717, 1.165) is 18.4 Å². The van der Waals surface area contributed by atoms with E-state index in [1.165, 1.54) is 0 Å². The monoisotopic (exact) mass is 525 g/mol. The van der Waals surface area contributed by atoms with E-state index in [1.54, 1.807) is 6.08 Å². The van der Waals surface area contributed by atoms with Crippen molar-refractivity contribution in [3.8, 4) is 0 Å². The van der Waals surface area contributed by atoms with Crippen LogP contribution in [0.15, 0.2) is 11.6 Å². The van der Waals surface area contributed by atoms with Crippen LogP contribution in [0.4, 0.5) is 0 Å². The average molecular weight is 526 g/mol. The number of ketones is 3. The van der Waals surface area contributed by atoms with Crippen LogP contribution in [0.5, 0.6) is 0 Å². The van der Waals surface area contributed by atoms with Gasteiger partial charge in [0, 0.05) is 29.2 Å². The van der Waals surface area contributed by atoms with Gasteiger partial charge in [-0.3, -0.25) is 19.2 Å². The van der Waals surface area contributed by atoms with Crippen molar-refractivity contribution in [3.63, 3.8) is 0 Å². The lowest BCUT2D eigenvalue weighted by molar-refractivity contribution is -0.333. The van der Waals surface area contributed by atoms with Crippen molar-refractivity contribution in [1.29, 1.82) is 0 Å². The number of carbonyl (C=O) groups is 4. The van der Waals surface area contributed by atoms with Crippen LogP contribution in [0.25, 0.3) is 0 Å². The second-order valence-corrected chi connectivity index (χ2v) is 14.4. The smallest absolute Gasteiger partial charge is 0.306 e. The molecule has 6 fully saturated rings. The van der Waals surface area contributed by atoms with Crippen molar-refractivity contribution in [1.82, 2.24) is 4.90 Å². The van der Waals surface area contributed by atoms with Gasteiger partial charge in [-0.2, -0.15) is 0 Å². The Morgan fingerprint density at radius 3 is 2.58 bits per heavy atom. The summed E-state index contributed by atoms with van der Waals surface area (Å²) in [6.07, 6.45) is 4.61. The maximum absolute atomic E-state index is 15.2. The van der Waals surface area contributed by atoms with Crippen molar-refractivity contribution in [2.45, 2.75) is 90.7 Å². The Bertz CT molecular complexity index is 1230. The standard InChI is InChI=1S/C30H39NO7/c1-15-9-19-22(20(32)10-15)18-14-37-21(33)12-26(3)24(23(18)34)28(19,5)25(35)30(36)27(26,4)6-7-29-11-16(2)8-17(38-29)13-31(29)30/h10,16-19,22,24,36H,6-9,11-14H2,1-5H3/t16-,17+,18+,19+,22-,24+,26-,27-,28-,29-,30+/m0/s1. The van der Waals surface area contributed by atoms with E-state index in [4.69, 9.17) is 9.47 Å². The summed E-state index contributed by atoms with van der Waals surface area (Å²) >= 11 is 0. The molecule has 0 unspecified atom stereocenters. The van der Waals surface area contributed by atoms with Gasteiger partial charge in [-0.05, 0) is 62.4 Å². The quantitative estimate of drug-likeness (QED) is 0.481. The maximum atomic E-state index is 15.2. The van der Waals surface area contributed by atoms with Crippen molar-refractivity contribution in [3.05, 3.63) is 11.6 Å². The second kappa shape index (κ2) is 7.24. The highest BCUT2D eigenvalue weighted by Gasteiger charge is 2.83. The van der Waals surface area contributed by atoms with Crippen molar-refractivity contribution >= 4 is 23.3 Å². The zero-order valence-electron chi connectivity index (χ0n) is 23.0. The van der Waals surface area contributed by atoms with E-state index in [9.17, 15) is 19.5 Å². The molecule has 0 aromatic heterocycles. The zero-order valence-corrected chi connectivity index (χ0v) is 23.0. The molecule has 4 saturated heterocycles. The molecule has 1 spiro atoms.